The second-order valence-corrected chi connectivity index (χ2v) is 10.0. The summed E-state index contributed by atoms with van der Waals surface area (Å²) in [6.45, 7) is 11.0. The summed E-state index contributed by atoms with van der Waals surface area (Å²) >= 11 is 14.3. The van der Waals surface area contributed by atoms with Crippen molar-refractivity contribution >= 4 is 43.5 Å². The van der Waals surface area contributed by atoms with Crippen LogP contribution in [0.3, 0.4) is 0 Å². The van der Waals surface area contributed by atoms with Gasteiger partial charge in [-0.3, -0.25) is 0 Å². The Labute approximate surface area is 137 Å². The highest BCUT2D eigenvalue weighted by molar-refractivity contribution is 9.10. The van der Waals surface area contributed by atoms with Crippen molar-refractivity contribution < 1.29 is 4.74 Å². The minimum absolute atomic E-state index is 0.0457. The van der Waals surface area contributed by atoms with Crippen LogP contribution >= 0.6 is 43.5 Å². The first-order chi connectivity index (χ1) is 8.57. The SMILES string of the molecule is C=C1C=C[C@@]2(Br)O[C@H]3C[C@@](C)(Cl)[C@H](Br)C[C@@]13C2(C)C. The van der Waals surface area contributed by atoms with Crippen molar-refractivity contribution in [2.24, 2.45) is 10.8 Å². The normalized spacial score (nSPS) is 55.2. The summed E-state index contributed by atoms with van der Waals surface area (Å²) < 4.78 is 5.99. The molecule has 0 radical (unpaired) electrons. The topological polar surface area (TPSA) is 9.23 Å². The summed E-state index contributed by atoms with van der Waals surface area (Å²) in [5.74, 6) is 0. The van der Waals surface area contributed by atoms with Gasteiger partial charge in [0.15, 0.2) is 0 Å². The third-order valence-corrected chi connectivity index (χ3v) is 9.10. The molecule has 106 valence electrons. The van der Waals surface area contributed by atoms with Gasteiger partial charge in [0.2, 0.25) is 0 Å². The molecule has 5 atom stereocenters. The summed E-state index contributed by atoms with van der Waals surface area (Å²) in [6, 6.07) is 0. The highest BCUT2D eigenvalue weighted by atomic mass is 79.9. The standard InChI is InChI=1S/C15H19Br2ClO/c1-9-5-6-15(17)12(2,3)14(9)7-10(16)13(4,18)8-11(14)19-15/h5-6,10-11H,1,7-8H2,2-4H3/t10-,11+,13-,14-,15-/m1/s1. The molecule has 2 aliphatic carbocycles. The van der Waals surface area contributed by atoms with E-state index in [1.807, 2.05) is 0 Å². The number of ether oxygens (including phenoxy) is 1. The number of allylic oxidation sites excluding steroid dienone is 1. The molecular formula is C15H19Br2ClO. The largest absolute Gasteiger partial charge is 0.355 e. The molecule has 4 heteroatoms. The van der Waals surface area contributed by atoms with Crippen molar-refractivity contribution in [3.63, 3.8) is 0 Å². The van der Waals surface area contributed by atoms with Crippen LogP contribution in [0.15, 0.2) is 24.3 Å². The molecule has 2 bridgehead atoms. The van der Waals surface area contributed by atoms with Crippen molar-refractivity contribution in [2.75, 3.05) is 0 Å². The minimum Gasteiger partial charge on any atom is -0.355 e. The Morgan fingerprint density at radius 3 is 2.63 bits per heavy atom. The predicted molar refractivity (Wildman–Crippen MR) is 87.2 cm³/mol. The molecule has 0 aromatic carbocycles. The fourth-order valence-electron chi connectivity index (χ4n) is 4.09. The van der Waals surface area contributed by atoms with Crippen molar-refractivity contribution in [2.45, 2.75) is 53.9 Å². The van der Waals surface area contributed by atoms with E-state index >= 15 is 0 Å². The maximum Gasteiger partial charge on any atom is 0.147 e. The second kappa shape index (κ2) is 3.91. The fourth-order valence-corrected chi connectivity index (χ4v) is 5.72. The molecule has 1 heterocycles. The van der Waals surface area contributed by atoms with Crippen molar-refractivity contribution in [1.29, 1.82) is 0 Å². The van der Waals surface area contributed by atoms with Crippen LogP contribution < -0.4 is 0 Å². The molecule has 1 saturated carbocycles. The van der Waals surface area contributed by atoms with Crippen LogP contribution in [0.25, 0.3) is 0 Å². The van der Waals surface area contributed by atoms with Crippen LogP contribution in [-0.4, -0.2) is 20.3 Å². The van der Waals surface area contributed by atoms with Gasteiger partial charge in [-0.15, -0.1) is 11.6 Å². The van der Waals surface area contributed by atoms with Crippen LogP contribution in [0.4, 0.5) is 0 Å². The van der Waals surface area contributed by atoms with Crippen LogP contribution in [0, 0.1) is 10.8 Å². The molecule has 0 amide bonds. The molecule has 0 aromatic rings. The van der Waals surface area contributed by atoms with Gasteiger partial charge in [-0.1, -0.05) is 42.4 Å². The molecule has 1 spiro atoms. The highest BCUT2D eigenvalue weighted by Gasteiger charge is 2.72. The summed E-state index contributed by atoms with van der Waals surface area (Å²) in [5.41, 5.74) is 1.08. The average molecular weight is 411 g/mol. The molecule has 1 saturated heterocycles. The Morgan fingerprint density at radius 2 is 2.00 bits per heavy atom. The van der Waals surface area contributed by atoms with E-state index in [9.17, 15) is 0 Å². The van der Waals surface area contributed by atoms with Gasteiger partial charge in [0.25, 0.3) is 0 Å². The van der Waals surface area contributed by atoms with Gasteiger partial charge in [0, 0.05) is 15.7 Å². The van der Waals surface area contributed by atoms with E-state index in [1.54, 1.807) is 0 Å². The lowest BCUT2D eigenvalue weighted by molar-refractivity contribution is 0.00251. The van der Waals surface area contributed by atoms with Gasteiger partial charge in [-0.05, 0) is 47.3 Å². The summed E-state index contributed by atoms with van der Waals surface area (Å²) in [7, 11) is 0. The first-order valence-corrected chi connectivity index (χ1v) is 8.74. The molecule has 2 fully saturated rings. The lowest BCUT2D eigenvalue weighted by atomic mass is 9.51. The molecule has 0 aromatic heterocycles. The van der Waals surface area contributed by atoms with Gasteiger partial charge in [-0.2, -0.15) is 0 Å². The zero-order valence-electron chi connectivity index (χ0n) is 11.5. The Morgan fingerprint density at radius 1 is 1.37 bits per heavy atom. The number of halogens is 3. The lowest BCUT2D eigenvalue weighted by Crippen LogP contribution is -2.56. The van der Waals surface area contributed by atoms with Crippen molar-refractivity contribution in [3.8, 4) is 0 Å². The van der Waals surface area contributed by atoms with E-state index in [2.05, 4.69) is 71.4 Å². The Balaban J connectivity index is 2.17. The summed E-state index contributed by atoms with van der Waals surface area (Å²) in [4.78, 5) is -0.00785. The van der Waals surface area contributed by atoms with E-state index in [0.29, 0.717) is 0 Å². The first kappa shape index (κ1) is 14.6. The van der Waals surface area contributed by atoms with Gasteiger partial charge < -0.3 is 4.74 Å². The zero-order valence-corrected chi connectivity index (χ0v) is 15.4. The summed E-state index contributed by atoms with van der Waals surface area (Å²) in [6.07, 6.45) is 6.13. The Kier molecular flexibility index (Phi) is 3.01. The van der Waals surface area contributed by atoms with Crippen molar-refractivity contribution in [3.05, 3.63) is 24.3 Å². The van der Waals surface area contributed by atoms with Crippen LogP contribution in [0.2, 0.25) is 0 Å². The third-order valence-electron chi connectivity index (χ3n) is 5.64. The number of hydrogen-bond donors (Lipinski definition) is 0. The third kappa shape index (κ3) is 1.56. The fraction of sp³-hybridized carbons (Fsp3) is 0.733. The number of alkyl halides is 3. The lowest BCUT2D eigenvalue weighted by Gasteiger charge is -2.54. The molecule has 1 aliphatic heterocycles. The smallest absolute Gasteiger partial charge is 0.147 e. The molecule has 0 unspecified atom stereocenters. The van der Waals surface area contributed by atoms with E-state index in [1.165, 1.54) is 5.57 Å². The molecule has 1 nitrogen and oxygen atoms in total. The Bertz CT molecular complexity index is 485. The van der Waals surface area contributed by atoms with Crippen LogP contribution in [0.5, 0.6) is 0 Å². The van der Waals surface area contributed by atoms with Crippen molar-refractivity contribution in [1.82, 2.24) is 0 Å². The molecule has 19 heavy (non-hydrogen) atoms. The minimum atomic E-state index is -0.407. The quantitative estimate of drug-likeness (QED) is 0.501. The van der Waals surface area contributed by atoms with E-state index in [0.717, 1.165) is 12.8 Å². The van der Waals surface area contributed by atoms with Crippen LogP contribution in [0.1, 0.15) is 33.6 Å². The number of rotatable bonds is 0. The maximum atomic E-state index is 6.67. The summed E-state index contributed by atoms with van der Waals surface area (Å²) in [5, 5.41) is 0. The van der Waals surface area contributed by atoms with Gasteiger partial charge in [-0.25, -0.2) is 0 Å². The molecule has 3 aliphatic rings. The van der Waals surface area contributed by atoms with Gasteiger partial charge >= 0.3 is 0 Å². The maximum absolute atomic E-state index is 6.67. The van der Waals surface area contributed by atoms with E-state index < -0.39 is 4.51 Å². The second-order valence-electron chi connectivity index (χ2n) is 6.86. The zero-order chi connectivity index (χ0) is 14.3. The molecular weight excluding hydrogens is 391 g/mol. The highest BCUT2D eigenvalue weighted by Crippen LogP contribution is 2.72. The number of hydrogen-bond acceptors (Lipinski definition) is 1. The van der Waals surface area contributed by atoms with Gasteiger partial charge in [0.05, 0.1) is 11.0 Å². The first-order valence-electron chi connectivity index (χ1n) is 6.65. The number of fused-ring (bicyclic) bond motifs is 1. The monoisotopic (exact) mass is 408 g/mol. The predicted octanol–water partition coefficient (Wildman–Crippen LogP) is 5.17. The Hall–Kier alpha value is 0.690. The van der Waals surface area contributed by atoms with E-state index in [-0.39, 0.29) is 26.6 Å². The van der Waals surface area contributed by atoms with Gasteiger partial charge in [0.1, 0.15) is 4.51 Å². The van der Waals surface area contributed by atoms with E-state index in [4.69, 9.17) is 16.3 Å². The molecule has 3 rings (SSSR count). The molecule has 0 N–H and O–H groups in total. The van der Waals surface area contributed by atoms with Crippen LogP contribution in [-0.2, 0) is 4.74 Å². The average Bonchev–Trinajstić information content (AvgIpc) is 2.38.